The van der Waals surface area contributed by atoms with E-state index < -0.39 is 0 Å². The van der Waals surface area contributed by atoms with Crippen LogP contribution < -0.4 is 0 Å². The molecule has 3 heteroatoms. The molecular formula is C16H19N3. The van der Waals surface area contributed by atoms with Crippen molar-refractivity contribution < 1.29 is 0 Å². The van der Waals surface area contributed by atoms with Crippen LogP contribution >= 0.6 is 0 Å². The molecule has 0 radical (unpaired) electrons. The number of rotatable bonds is 4. The molecule has 0 aliphatic rings. The molecule has 0 unspecified atom stereocenters. The number of H-pyrrole nitrogens is 1. The summed E-state index contributed by atoms with van der Waals surface area (Å²) in [6, 6.07) is 10.5. The van der Waals surface area contributed by atoms with Gasteiger partial charge in [-0.3, -0.25) is 4.90 Å². The predicted octanol–water partition coefficient (Wildman–Crippen LogP) is 3.56. The second kappa shape index (κ2) is 5.02. The summed E-state index contributed by atoms with van der Waals surface area (Å²) in [6.07, 6.45) is 2.00. The molecule has 2 heterocycles. The number of hydrogen-bond donors (Lipinski definition) is 1. The van der Waals surface area contributed by atoms with Crippen molar-refractivity contribution in [2.45, 2.75) is 20.4 Å². The average Bonchev–Trinajstić information content (AvgIpc) is 2.94. The Morgan fingerprint density at radius 3 is 2.63 bits per heavy atom. The lowest BCUT2D eigenvalue weighted by molar-refractivity contribution is 0.293. The Morgan fingerprint density at radius 1 is 1.05 bits per heavy atom. The first-order valence-electron chi connectivity index (χ1n) is 6.90. The van der Waals surface area contributed by atoms with Crippen LogP contribution in [0.3, 0.4) is 0 Å². The number of nitrogens with zero attached hydrogens (tertiary/aromatic N) is 2. The average molecular weight is 253 g/mol. The monoisotopic (exact) mass is 253 g/mol. The molecule has 0 fully saturated rings. The van der Waals surface area contributed by atoms with Crippen LogP contribution in [0.25, 0.3) is 21.8 Å². The molecule has 0 spiro atoms. The molecular weight excluding hydrogens is 234 g/mol. The predicted molar refractivity (Wildman–Crippen MR) is 80.2 cm³/mol. The summed E-state index contributed by atoms with van der Waals surface area (Å²) >= 11 is 0. The van der Waals surface area contributed by atoms with Gasteiger partial charge >= 0.3 is 0 Å². The lowest BCUT2D eigenvalue weighted by atomic mass is 10.1. The maximum Gasteiger partial charge on any atom is 0.0792 e. The van der Waals surface area contributed by atoms with E-state index >= 15 is 0 Å². The van der Waals surface area contributed by atoms with E-state index in [1.165, 1.54) is 16.3 Å². The number of benzene rings is 1. The fraction of sp³-hybridized carbons (Fsp3) is 0.312. The molecule has 19 heavy (non-hydrogen) atoms. The summed E-state index contributed by atoms with van der Waals surface area (Å²) in [5, 5.41) is 2.50. The van der Waals surface area contributed by atoms with Gasteiger partial charge in [0.1, 0.15) is 0 Å². The van der Waals surface area contributed by atoms with Crippen LogP contribution in [0.15, 0.2) is 36.5 Å². The largest absolute Gasteiger partial charge is 0.360 e. The molecule has 1 N–H and O–H groups in total. The van der Waals surface area contributed by atoms with Crippen LogP contribution in [-0.4, -0.2) is 28.0 Å². The first-order valence-corrected chi connectivity index (χ1v) is 6.90. The minimum absolute atomic E-state index is 0.898. The minimum atomic E-state index is 0.898. The van der Waals surface area contributed by atoms with Gasteiger partial charge in [-0.05, 0) is 25.2 Å². The highest BCUT2D eigenvalue weighted by Crippen LogP contribution is 2.26. The van der Waals surface area contributed by atoms with Crippen LogP contribution in [0, 0.1) is 0 Å². The lowest BCUT2D eigenvalue weighted by Gasteiger charge is -2.18. The molecule has 3 rings (SSSR count). The van der Waals surface area contributed by atoms with Crippen molar-refractivity contribution in [2.75, 3.05) is 13.1 Å². The minimum Gasteiger partial charge on any atom is -0.360 e. The van der Waals surface area contributed by atoms with Crippen molar-refractivity contribution in [3.63, 3.8) is 0 Å². The zero-order valence-corrected chi connectivity index (χ0v) is 11.5. The van der Waals surface area contributed by atoms with Gasteiger partial charge in [-0.1, -0.05) is 32.0 Å². The smallest absolute Gasteiger partial charge is 0.0792 e. The molecule has 0 saturated carbocycles. The quantitative estimate of drug-likeness (QED) is 0.771. The zero-order valence-electron chi connectivity index (χ0n) is 11.5. The molecule has 3 aromatic rings. The molecule has 0 atom stereocenters. The Bertz CT molecular complexity index is 695. The van der Waals surface area contributed by atoms with Crippen LogP contribution in [-0.2, 0) is 6.54 Å². The summed E-state index contributed by atoms with van der Waals surface area (Å²) in [5.41, 5.74) is 3.39. The molecule has 98 valence electrons. The van der Waals surface area contributed by atoms with Crippen molar-refractivity contribution in [2.24, 2.45) is 0 Å². The van der Waals surface area contributed by atoms with E-state index in [0.29, 0.717) is 0 Å². The topological polar surface area (TPSA) is 31.9 Å². The molecule has 0 bridgehead atoms. The zero-order chi connectivity index (χ0) is 13.2. The number of fused-ring (bicyclic) bond motifs is 3. The number of aromatic amines is 1. The Kier molecular flexibility index (Phi) is 3.22. The van der Waals surface area contributed by atoms with Gasteiger partial charge < -0.3 is 4.98 Å². The van der Waals surface area contributed by atoms with Gasteiger partial charge in [-0.25, -0.2) is 4.98 Å². The van der Waals surface area contributed by atoms with Gasteiger partial charge in [0.05, 0.1) is 16.7 Å². The van der Waals surface area contributed by atoms with E-state index in [1.807, 2.05) is 6.20 Å². The Hall–Kier alpha value is -1.87. The summed E-state index contributed by atoms with van der Waals surface area (Å²) in [4.78, 5) is 10.6. The standard InChI is InChI=1S/C16H19N3/c1-3-19(4-2)11-15-16-13(9-10-17-16)12-7-5-6-8-14(12)18-15/h5-10,17H,3-4,11H2,1-2H3. The number of para-hydroxylation sites is 1. The van der Waals surface area contributed by atoms with E-state index in [9.17, 15) is 0 Å². The highest BCUT2D eigenvalue weighted by Gasteiger charge is 2.11. The number of nitrogens with one attached hydrogen (secondary N) is 1. The fourth-order valence-corrected chi connectivity index (χ4v) is 2.61. The van der Waals surface area contributed by atoms with Crippen LogP contribution in [0.5, 0.6) is 0 Å². The molecule has 0 amide bonds. The summed E-state index contributed by atoms with van der Waals surface area (Å²) in [7, 11) is 0. The second-order valence-corrected chi connectivity index (χ2v) is 4.80. The van der Waals surface area contributed by atoms with Gasteiger partial charge in [0.25, 0.3) is 0 Å². The summed E-state index contributed by atoms with van der Waals surface area (Å²) < 4.78 is 0. The van der Waals surface area contributed by atoms with E-state index in [1.54, 1.807) is 0 Å². The maximum atomic E-state index is 4.84. The fourth-order valence-electron chi connectivity index (χ4n) is 2.61. The number of aromatic nitrogens is 2. The Labute approximate surface area is 113 Å². The summed E-state index contributed by atoms with van der Waals surface area (Å²) in [5.74, 6) is 0. The Balaban J connectivity index is 2.19. The molecule has 3 nitrogen and oxygen atoms in total. The van der Waals surface area contributed by atoms with E-state index in [-0.39, 0.29) is 0 Å². The van der Waals surface area contributed by atoms with Crippen molar-refractivity contribution in [3.8, 4) is 0 Å². The lowest BCUT2D eigenvalue weighted by Crippen LogP contribution is -2.22. The molecule has 0 aliphatic heterocycles. The highest BCUT2D eigenvalue weighted by atomic mass is 15.1. The summed E-state index contributed by atoms with van der Waals surface area (Å²) in [6.45, 7) is 7.38. The second-order valence-electron chi connectivity index (χ2n) is 4.80. The van der Waals surface area contributed by atoms with Crippen LogP contribution in [0.2, 0.25) is 0 Å². The third kappa shape index (κ3) is 2.10. The molecule has 0 aliphatic carbocycles. The van der Waals surface area contributed by atoms with Gasteiger partial charge in [0, 0.05) is 23.5 Å². The van der Waals surface area contributed by atoms with Crippen molar-refractivity contribution in [3.05, 3.63) is 42.2 Å². The van der Waals surface area contributed by atoms with E-state index in [0.717, 1.165) is 30.8 Å². The van der Waals surface area contributed by atoms with Crippen molar-refractivity contribution >= 4 is 21.8 Å². The molecule has 0 saturated heterocycles. The van der Waals surface area contributed by atoms with Gasteiger partial charge in [-0.15, -0.1) is 0 Å². The van der Waals surface area contributed by atoms with Crippen molar-refractivity contribution in [1.82, 2.24) is 14.9 Å². The third-order valence-corrected chi connectivity index (χ3v) is 3.75. The van der Waals surface area contributed by atoms with E-state index in [4.69, 9.17) is 4.98 Å². The van der Waals surface area contributed by atoms with Gasteiger partial charge in [0.2, 0.25) is 0 Å². The van der Waals surface area contributed by atoms with E-state index in [2.05, 4.69) is 54.1 Å². The molecule has 1 aromatic carbocycles. The first kappa shape index (κ1) is 12.2. The number of pyridine rings is 1. The third-order valence-electron chi connectivity index (χ3n) is 3.75. The maximum absolute atomic E-state index is 4.84. The first-order chi connectivity index (χ1) is 9.33. The van der Waals surface area contributed by atoms with Crippen LogP contribution in [0.4, 0.5) is 0 Å². The number of hydrogen-bond acceptors (Lipinski definition) is 2. The Morgan fingerprint density at radius 2 is 1.84 bits per heavy atom. The SMILES string of the molecule is CCN(CC)Cc1nc2ccccc2c2cc[nH]c12. The van der Waals surface area contributed by atoms with Crippen LogP contribution in [0.1, 0.15) is 19.5 Å². The molecule has 2 aromatic heterocycles. The normalized spacial score (nSPS) is 11.7. The van der Waals surface area contributed by atoms with Crippen molar-refractivity contribution in [1.29, 1.82) is 0 Å². The van der Waals surface area contributed by atoms with Gasteiger partial charge in [-0.2, -0.15) is 0 Å². The highest BCUT2D eigenvalue weighted by molar-refractivity contribution is 6.05. The van der Waals surface area contributed by atoms with Gasteiger partial charge in [0.15, 0.2) is 0 Å².